The van der Waals surface area contributed by atoms with E-state index in [2.05, 4.69) is 0 Å². The molecule has 0 amide bonds. The highest BCUT2D eigenvalue weighted by Crippen LogP contribution is 2.00. The molecule has 0 bridgehead atoms. The normalized spacial score (nSPS) is 11.1. The van der Waals surface area contributed by atoms with Gasteiger partial charge in [-0.3, -0.25) is 0 Å². The molecular formula is C9H21NO2Si. The van der Waals surface area contributed by atoms with Gasteiger partial charge in [-0.25, -0.2) is 0 Å². The van der Waals surface area contributed by atoms with Crippen LogP contribution < -0.4 is 5.73 Å². The second kappa shape index (κ2) is 10.2. The number of unbranched alkanes of at least 4 members (excludes halogenated alkanes) is 1. The molecule has 0 aliphatic heterocycles. The van der Waals surface area contributed by atoms with Crippen LogP contribution in [0.3, 0.4) is 0 Å². The molecule has 0 aliphatic rings. The Hall–Kier alpha value is 0.0969. The van der Waals surface area contributed by atoms with Crippen LogP contribution in [0, 0.1) is 0 Å². The van der Waals surface area contributed by atoms with Gasteiger partial charge in [-0.1, -0.05) is 12.5 Å². The fraction of sp³-hybridized carbons (Fsp3) is 1.00. The molecule has 0 aromatic rings. The number of hydrogen-bond donors (Lipinski definition) is 1. The van der Waals surface area contributed by atoms with Crippen molar-refractivity contribution < 1.29 is 9.47 Å². The van der Waals surface area contributed by atoms with Crippen molar-refractivity contribution >= 4 is 9.52 Å². The highest BCUT2D eigenvalue weighted by Gasteiger charge is 2.07. The summed E-state index contributed by atoms with van der Waals surface area (Å²) in [6.45, 7) is 6.24. The zero-order chi connectivity index (χ0) is 9.94. The average molecular weight is 203 g/mol. The van der Waals surface area contributed by atoms with Gasteiger partial charge in [0.15, 0.2) is 0 Å². The van der Waals surface area contributed by atoms with Crippen LogP contribution >= 0.6 is 0 Å². The minimum absolute atomic E-state index is 0.0211. The van der Waals surface area contributed by atoms with Crippen LogP contribution in [0.4, 0.5) is 0 Å². The van der Waals surface area contributed by atoms with Crippen molar-refractivity contribution in [2.24, 2.45) is 5.73 Å². The standard InChI is InChI=1S/C9H21NO2Si/c1-3-11-9(12-4-2)13-8-6-5-7-10/h9H,3-8,10H2,1-2H3. The number of rotatable bonds is 9. The van der Waals surface area contributed by atoms with Crippen LogP contribution in [0.2, 0.25) is 6.04 Å². The van der Waals surface area contributed by atoms with E-state index in [1.807, 2.05) is 13.8 Å². The SMILES string of the molecule is CCOC(OCC)[Si]CCCCN. The van der Waals surface area contributed by atoms with Gasteiger partial charge in [0.2, 0.25) is 0 Å². The summed E-state index contributed by atoms with van der Waals surface area (Å²) in [5.74, 6) is 0.0211. The molecule has 0 aromatic heterocycles. The first-order valence-corrected chi connectivity index (χ1v) is 6.30. The molecule has 0 heterocycles. The van der Waals surface area contributed by atoms with E-state index in [9.17, 15) is 0 Å². The Morgan fingerprint density at radius 3 is 2.23 bits per heavy atom. The molecule has 3 nitrogen and oxygen atoms in total. The third kappa shape index (κ3) is 8.43. The Kier molecular flexibility index (Phi) is 10.3. The summed E-state index contributed by atoms with van der Waals surface area (Å²) < 4.78 is 10.8. The second-order valence-corrected chi connectivity index (χ2v) is 4.07. The molecule has 0 saturated heterocycles. The molecular weight excluding hydrogens is 182 g/mol. The quantitative estimate of drug-likeness (QED) is 0.348. The number of hydrogen-bond acceptors (Lipinski definition) is 3. The lowest BCUT2D eigenvalue weighted by Gasteiger charge is -2.15. The summed E-state index contributed by atoms with van der Waals surface area (Å²) in [6.07, 6.45) is 2.30. The Bertz CT molecular complexity index is 97.6. The molecule has 4 heteroatoms. The van der Waals surface area contributed by atoms with Gasteiger partial charge in [-0.15, -0.1) is 0 Å². The Morgan fingerprint density at radius 2 is 1.77 bits per heavy atom. The van der Waals surface area contributed by atoms with Crippen LogP contribution in [-0.4, -0.2) is 35.2 Å². The molecule has 0 spiro atoms. The van der Waals surface area contributed by atoms with Gasteiger partial charge in [-0.05, 0) is 26.8 Å². The number of nitrogens with two attached hydrogens (primary N) is 1. The lowest BCUT2D eigenvalue weighted by molar-refractivity contribution is -0.0827. The van der Waals surface area contributed by atoms with Gasteiger partial charge in [0.05, 0.1) is 0 Å². The summed E-state index contributed by atoms with van der Waals surface area (Å²) in [5, 5.41) is 0. The Morgan fingerprint density at radius 1 is 1.15 bits per heavy atom. The average Bonchev–Trinajstić information content (AvgIpc) is 2.13. The fourth-order valence-electron chi connectivity index (χ4n) is 0.958. The van der Waals surface area contributed by atoms with E-state index in [-0.39, 0.29) is 5.91 Å². The minimum Gasteiger partial charge on any atom is -0.357 e. The largest absolute Gasteiger partial charge is 0.357 e. The molecule has 0 fully saturated rings. The highest BCUT2D eigenvalue weighted by atomic mass is 28.2. The third-order valence-electron chi connectivity index (χ3n) is 1.58. The summed E-state index contributed by atoms with van der Waals surface area (Å²) in [5.41, 5.74) is 5.40. The monoisotopic (exact) mass is 203 g/mol. The molecule has 0 aliphatic carbocycles. The van der Waals surface area contributed by atoms with Crippen molar-refractivity contribution in [3.8, 4) is 0 Å². The second-order valence-electron chi connectivity index (χ2n) is 2.69. The topological polar surface area (TPSA) is 44.5 Å². The summed E-state index contributed by atoms with van der Waals surface area (Å²) in [7, 11) is 0.747. The van der Waals surface area contributed by atoms with Gasteiger partial charge in [0.25, 0.3) is 0 Å². The first-order valence-electron chi connectivity index (χ1n) is 5.01. The van der Waals surface area contributed by atoms with E-state index >= 15 is 0 Å². The molecule has 13 heavy (non-hydrogen) atoms. The summed E-state index contributed by atoms with van der Waals surface area (Å²) in [4.78, 5) is 0. The van der Waals surface area contributed by atoms with Gasteiger partial charge in [0, 0.05) is 13.2 Å². The predicted octanol–water partition coefficient (Wildman–Crippen LogP) is 1.20. The van der Waals surface area contributed by atoms with E-state index in [0.29, 0.717) is 0 Å². The Labute approximate surface area is 83.8 Å². The Balaban J connectivity index is 3.33. The van der Waals surface area contributed by atoms with Crippen LogP contribution in [0.5, 0.6) is 0 Å². The van der Waals surface area contributed by atoms with Crippen molar-refractivity contribution in [1.82, 2.24) is 0 Å². The highest BCUT2D eigenvalue weighted by molar-refractivity contribution is 6.36. The molecule has 2 radical (unpaired) electrons. The summed E-state index contributed by atoms with van der Waals surface area (Å²) >= 11 is 0. The third-order valence-corrected chi connectivity index (χ3v) is 2.89. The molecule has 0 aromatic carbocycles. The van der Waals surface area contributed by atoms with E-state index in [0.717, 1.165) is 35.7 Å². The van der Waals surface area contributed by atoms with E-state index in [4.69, 9.17) is 15.2 Å². The summed E-state index contributed by atoms with van der Waals surface area (Å²) in [6, 6.07) is 1.17. The van der Waals surface area contributed by atoms with Crippen molar-refractivity contribution in [3.63, 3.8) is 0 Å². The van der Waals surface area contributed by atoms with Crippen LogP contribution in [0.15, 0.2) is 0 Å². The zero-order valence-electron chi connectivity index (χ0n) is 8.71. The number of ether oxygens (including phenoxy) is 2. The van der Waals surface area contributed by atoms with Crippen molar-refractivity contribution in [2.45, 2.75) is 38.6 Å². The van der Waals surface area contributed by atoms with Crippen LogP contribution in [0.1, 0.15) is 26.7 Å². The van der Waals surface area contributed by atoms with Gasteiger partial charge in [-0.2, -0.15) is 0 Å². The maximum Gasteiger partial charge on any atom is 0.137 e. The van der Waals surface area contributed by atoms with Crippen LogP contribution in [0.25, 0.3) is 0 Å². The van der Waals surface area contributed by atoms with Crippen molar-refractivity contribution in [1.29, 1.82) is 0 Å². The maximum absolute atomic E-state index is 5.42. The van der Waals surface area contributed by atoms with Gasteiger partial charge in [0.1, 0.15) is 15.4 Å². The minimum atomic E-state index is 0.0211. The smallest absolute Gasteiger partial charge is 0.137 e. The molecule has 0 rings (SSSR count). The predicted molar refractivity (Wildman–Crippen MR) is 55.9 cm³/mol. The van der Waals surface area contributed by atoms with E-state index in [1.54, 1.807) is 0 Å². The zero-order valence-corrected chi connectivity index (χ0v) is 9.71. The van der Waals surface area contributed by atoms with Crippen molar-refractivity contribution in [2.75, 3.05) is 19.8 Å². The lowest BCUT2D eigenvalue weighted by Crippen LogP contribution is -2.24. The van der Waals surface area contributed by atoms with E-state index in [1.165, 1.54) is 12.5 Å². The molecule has 0 saturated carbocycles. The van der Waals surface area contributed by atoms with Crippen molar-refractivity contribution in [3.05, 3.63) is 0 Å². The van der Waals surface area contributed by atoms with E-state index < -0.39 is 0 Å². The maximum atomic E-state index is 5.42. The molecule has 0 atom stereocenters. The molecule has 2 N–H and O–H groups in total. The van der Waals surface area contributed by atoms with Gasteiger partial charge >= 0.3 is 0 Å². The van der Waals surface area contributed by atoms with Gasteiger partial charge < -0.3 is 15.2 Å². The first kappa shape index (κ1) is 13.1. The van der Waals surface area contributed by atoms with Crippen LogP contribution in [-0.2, 0) is 9.47 Å². The lowest BCUT2D eigenvalue weighted by atomic mass is 10.3. The molecule has 0 unspecified atom stereocenters. The fourth-order valence-corrected chi connectivity index (χ4v) is 2.22. The molecule has 78 valence electrons. The first-order chi connectivity index (χ1) is 6.35.